The van der Waals surface area contributed by atoms with Gasteiger partial charge >= 0.3 is 6.18 Å². The van der Waals surface area contributed by atoms with E-state index >= 15 is 0 Å². The van der Waals surface area contributed by atoms with Crippen LogP contribution in [-0.2, 0) is 20.1 Å². The molecule has 0 aliphatic carbocycles. The van der Waals surface area contributed by atoms with Crippen LogP contribution in [0.15, 0.2) is 35.1 Å². The minimum Gasteiger partial charge on any atom is -0.324 e. The fraction of sp³-hybridized carbons (Fsp3) is 0.353. The first-order valence-corrected chi connectivity index (χ1v) is 8.65. The number of rotatable bonds is 2. The highest BCUT2D eigenvalue weighted by Gasteiger charge is 2.47. The normalized spacial score (nSPS) is 17.4. The predicted octanol–water partition coefficient (Wildman–Crippen LogP) is 3.12. The van der Waals surface area contributed by atoms with Crippen molar-refractivity contribution < 1.29 is 13.2 Å². The summed E-state index contributed by atoms with van der Waals surface area (Å²) in [4.78, 5) is 17.3. The first-order chi connectivity index (χ1) is 12.8. The molecule has 1 aromatic carbocycles. The van der Waals surface area contributed by atoms with Crippen molar-refractivity contribution in [2.75, 3.05) is 4.90 Å². The number of hydrogen-bond acceptors (Lipinski definition) is 4. The van der Waals surface area contributed by atoms with Gasteiger partial charge in [0.2, 0.25) is 5.95 Å². The van der Waals surface area contributed by atoms with Gasteiger partial charge in [0, 0.05) is 25.0 Å². The number of aryl methyl sites for hydroxylation is 1. The lowest BCUT2D eigenvalue weighted by Crippen LogP contribution is -2.52. The van der Waals surface area contributed by atoms with Crippen LogP contribution < -0.4 is 10.5 Å². The van der Waals surface area contributed by atoms with Crippen LogP contribution in [0.3, 0.4) is 0 Å². The zero-order chi connectivity index (χ0) is 19.3. The van der Waals surface area contributed by atoms with E-state index in [-0.39, 0.29) is 30.6 Å². The van der Waals surface area contributed by atoms with Crippen molar-refractivity contribution in [1.82, 2.24) is 19.3 Å². The second kappa shape index (κ2) is 6.26. The molecule has 0 N–H and O–H groups in total. The van der Waals surface area contributed by atoms with Crippen LogP contribution in [0.25, 0.3) is 10.9 Å². The molecule has 0 spiro atoms. The van der Waals surface area contributed by atoms with E-state index in [1.807, 2.05) is 18.2 Å². The molecule has 0 fully saturated rings. The topological polar surface area (TPSA) is 56.0 Å². The van der Waals surface area contributed by atoms with Gasteiger partial charge in [-0.2, -0.15) is 18.3 Å². The summed E-state index contributed by atoms with van der Waals surface area (Å²) in [5.41, 5.74) is 0.816. The number of nitrogens with zero attached hydrogens (tertiary/aromatic N) is 5. The van der Waals surface area contributed by atoms with Gasteiger partial charge < -0.3 is 4.90 Å². The molecular weight excluding hydrogens is 383 g/mol. The third kappa shape index (κ3) is 3.05. The number of benzene rings is 1. The van der Waals surface area contributed by atoms with E-state index in [0.29, 0.717) is 5.69 Å². The average Bonchev–Trinajstić information content (AvgIpc) is 2.91. The molecule has 10 heteroatoms. The zero-order valence-electron chi connectivity index (χ0n) is 14.2. The zero-order valence-corrected chi connectivity index (χ0v) is 15.0. The first kappa shape index (κ1) is 17.8. The van der Waals surface area contributed by atoms with E-state index in [2.05, 4.69) is 10.1 Å². The third-order valence-corrected chi connectivity index (χ3v) is 4.94. The quantitative estimate of drug-likeness (QED) is 0.623. The van der Waals surface area contributed by atoms with Crippen molar-refractivity contribution in [1.29, 1.82) is 0 Å². The fourth-order valence-corrected chi connectivity index (χ4v) is 3.70. The summed E-state index contributed by atoms with van der Waals surface area (Å²) in [6, 6.07) is 6.62. The molecule has 6 nitrogen and oxygen atoms in total. The Morgan fingerprint density at radius 1 is 1.30 bits per heavy atom. The Bertz CT molecular complexity index is 1070. The van der Waals surface area contributed by atoms with Gasteiger partial charge in [-0.15, -0.1) is 0 Å². The van der Waals surface area contributed by atoms with E-state index in [0.717, 1.165) is 21.9 Å². The highest BCUT2D eigenvalue weighted by molar-refractivity contribution is 6.29. The monoisotopic (exact) mass is 397 g/mol. The number of para-hydroxylation sites is 1. The first-order valence-electron chi connectivity index (χ1n) is 8.27. The largest absolute Gasteiger partial charge is 0.408 e. The standard InChI is InChI=1S/C17H15ClF3N5O/c1-24-12-5-3-2-4-10(12)11(23-24)9-26-13(17(19,20)21)6-7-25-15(27)8-14(18)22-16(25)26/h2-5,8,13H,6-7,9H2,1H3/t13-/m0/s1. The molecule has 27 heavy (non-hydrogen) atoms. The number of halogens is 4. The predicted molar refractivity (Wildman–Crippen MR) is 94.9 cm³/mol. The van der Waals surface area contributed by atoms with Gasteiger partial charge in [0.25, 0.3) is 5.56 Å². The lowest BCUT2D eigenvalue weighted by molar-refractivity contribution is -0.153. The van der Waals surface area contributed by atoms with Crippen LogP contribution in [0.4, 0.5) is 19.1 Å². The number of hydrogen-bond donors (Lipinski definition) is 0. The van der Waals surface area contributed by atoms with Gasteiger partial charge in [0.1, 0.15) is 11.2 Å². The highest BCUT2D eigenvalue weighted by atomic mass is 35.5. The Labute approximate surface area is 156 Å². The summed E-state index contributed by atoms with van der Waals surface area (Å²) in [5, 5.41) is 5.00. The smallest absolute Gasteiger partial charge is 0.324 e. The van der Waals surface area contributed by atoms with Gasteiger partial charge in [0.05, 0.1) is 17.8 Å². The van der Waals surface area contributed by atoms with Crippen LogP contribution >= 0.6 is 11.6 Å². The molecule has 1 aliphatic rings. The third-order valence-electron chi connectivity index (χ3n) is 4.75. The van der Waals surface area contributed by atoms with Crippen LogP contribution in [0, 0.1) is 0 Å². The molecule has 1 aliphatic heterocycles. The van der Waals surface area contributed by atoms with E-state index in [1.165, 1.54) is 4.57 Å². The molecule has 0 unspecified atom stereocenters. The molecule has 0 radical (unpaired) electrons. The lowest BCUT2D eigenvalue weighted by Gasteiger charge is -2.38. The summed E-state index contributed by atoms with van der Waals surface area (Å²) < 4.78 is 43.9. The number of anilines is 1. The Kier molecular flexibility index (Phi) is 4.14. The fourth-order valence-electron chi connectivity index (χ4n) is 3.53. The Balaban J connectivity index is 1.86. The second-order valence-electron chi connectivity index (χ2n) is 6.43. The summed E-state index contributed by atoms with van der Waals surface area (Å²) in [7, 11) is 1.73. The van der Waals surface area contributed by atoms with Crippen molar-refractivity contribution in [3.05, 3.63) is 51.5 Å². The molecule has 142 valence electrons. The Morgan fingerprint density at radius 2 is 2.04 bits per heavy atom. The summed E-state index contributed by atoms with van der Waals surface area (Å²) in [5.74, 6) is -0.0872. The number of aromatic nitrogens is 4. The molecule has 0 amide bonds. The van der Waals surface area contributed by atoms with Gasteiger partial charge in [-0.25, -0.2) is 4.98 Å². The van der Waals surface area contributed by atoms with E-state index in [9.17, 15) is 18.0 Å². The van der Waals surface area contributed by atoms with E-state index in [1.54, 1.807) is 17.8 Å². The molecule has 0 bridgehead atoms. The summed E-state index contributed by atoms with van der Waals surface area (Å²) in [6.07, 6.45) is -4.72. The van der Waals surface area contributed by atoms with Crippen LogP contribution in [0.5, 0.6) is 0 Å². The SMILES string of the molecule is Cn1nc(CN2c3nc(Cl)cc(=O)n3CC[C@H]2C(F)(F)F)c2ccccc21. The molecule has 2 aromatic heterocycles. The van der Waals surface area contributed by atoms with E-state index < -0.39 is 17.8 Å². The summed E-state index contributed by atoms with van der Waals surface area (Å²) in [6.45, 7) is -0.208. The van der Waals surface area contributed by atoms with Crippen molar-refractivity contribution >= 4 is 28.5 Å². The molecule has 0 saturated carbocycles. The molecule has 4 rings (SSSR count). The van der Waals surface area contributed by atoms with Crippen LogP contribution in [0.2, 0.25) is 5.15 Å². The van der Waals surface area contributed by atoms with Gasteiger partial charge in [-0.1, -0.05) is 29.8 Å². The maximum absolute atomic E-state index is 13.7. The van der Waals surface area contributed by atoms with Crippen molar-refractivity contribution in [3.63, 3.8) is 0 Å². The molecule has 3 heterocycles. The minimum atomic E-state index is -4.48. The molecule has 1 atom stereocenters. The number of alkyl halides is 3. The molecular formula is C17H15ClF3N5O. The van der Waals surface area contributed by atoms with Gasteiger partial charge in [-0.05, 0) is 12.5 Å². The van der Waals surface area contributed by atoms with Crippen LogP contribution in [-0.4, -0.2) is 31.5 Å². The minimum absolute atomic E-state index is 0.0675. The molecule has 0 saturated heterocycles. The second-order valence-corrected chi connectivity index (χ2v) is 6.82. The van der Waals surface area contributed by atoms with Crippen molar-refractivity contribution in [2.45, 2.75) is 31.7 Å². The summed E-state index contributed by atoms with van der Waals surface area (Å²) >= 11 is 5.86. The van der Waals surface area contributed by atoms with Crippen LogP contribution in [0.1, 0.15) is 12.1 Å². The van der Waals surface area contributed by atoms with Crippen molar-refractivity contribution in [2.24, 2.45) is 7.05 Å². The maximum atomic E-state index is 13.7. The average molecular weight is 398 g/mol. The highest BCUT2D eigenvalue weighted by Crippen LogP contribution is 2.35. The Morgan fingerprint density at radius 3 is 2.78 bits per heavy atom. The van der Waals surface area contributed by atoms with Gasteiger partial charge in [-0.3, -0.25) is 14.0 Å². The molecule has 3 aromatic rings. The van der Waals surface area contributed by atoms with Crippen molar-refractivity contribution in [3.8, 4) is 0 Å². The van der Waals surface area contributed by atoms with Gasteiger partial charge in [0.15, 0.2) is 0 Å². The maximum Gasteiger partial charge on any atom is 0.408 e. The lowest BCUT2D eigenvalue weighted by atomic mass is 10.1. The van der Waals surface area contributed by atoms with E-state index in [4.69, 9.17) is 11.6 Å². The Hall–Kier alpha value is -2.55. The number of fused-ring (bicyclic) bond motifs is 2.